The zero-order chi connectivity index (χ0) is 16.4. The number of rotatable bonds is 3. The fourth-order valence-corrected chi connectivity index (χ4v) is 2.32. The van der Waals surface area contributed by atoms with Crippen molar-refractivity contribution >= 4 is 24.0 Å². The summed E-state index contributed by atoms with van der Waals surface area (Å²) in [6.07, 6.45) is 3.29. The Balaban J connectivity index is 1.85. The van der Waals surface area contributed by atoms with Crippen LogP contribution >= 0.6 is 12.2 Å². The Morgan fingerprint density at radius 1 is 1.35 bits per heavy atom. The summed E-state index contributed by atoms with van der Waals surface area (Å²) in [6.45, 7) is 1.84. The molecule has 7 nitrogen and oxygen atoms in total. The minimum absolute atomic E-state index is 0.0499. The van der Waals surface area contributed by atoms with E-state index >= 15 is 0 Å². The van der Waals surface area contributed by atoms with Gasteiger partial charge in [-0.05, 0) is 42.9 Å². The number of hydrogen-bond donors (Lipinski definition) is 3. The number of nitrogens with one attached hydrogen (secondary N) is 2. The molecular formula is C15H13N3O4S. The third-order valence-corrected chi connectivity index (χ3v) is 3.42. The topological polar surface area (TPSA) is 99.7 Å². The van der Waals surface area contributed by atoms with Crippen LogP contribution in [-0.4, -0.2) is 27.6 Å². The third-order valence-electron chi connectivity index (χ3n) is 3.22. The predicted octanol–water partition coefficient (Wildman–Crippen LogP) is 2.35. The van der Waals surface area contributed by atoms with E-state index in [2.05, 4.69) is 15.0 Å². The molecular weight excluding hydrogens is 318 g/mol. The van der Waals surface area contributed by atoms with E-state index in [1.165, 1.54) is 6.20 Å². The molecule has 0 atom stereocenters. The van der Waals surface area contributed by atoms with Gasteiger partial charge in [0.05, 0.1) is 5.71 Å². The average molecular weight is 331 g/mol. The number of hydrogen-bond acceptors (Lipinski definition) is 6. The van der Waals surface area contributed by atoms with E-state index in [0.717, 1.165) is 5.56 Å². The highest BCUT2D eigenvalue weighted by atomic mass is 32.1. The molecule has 2 aromatic rings. The SMILES string of the molecule is CC(=N/C=C/c1ccc2c(c1)OCO2)c1c(O)[nH]c(=S)[nH]c1=O. The van der Waals surface area contributed by atoms with Crippen molar-refractivity contribution in [3.63, 3.8) is 0 Å². The lowest BCUT2D eigenvalue weighted by atomic mass is 10.2. The zero-order valence-corrected chi connectivity index (χ0v) is 12.9. The molecule has 3 rings (SSSR count). The first-order chi connectivity index (χ1) is 11.0. The second-order valence-corrected chi connectivity index (χ2v) is 5.18. The van der Waals surface area contributed by atoms with Crippen molar-refractivity contribution in [2.75, 3.05) is 6.79 Å². The zero-order valence-electron chi connectivity index (χ0n) is 12.1. The van der Waals surface area contributed by atoms with Gasteiger partial charge in [-0.3, -0.25) is 14.8 Å². The van der Waals surface area contributed by atoms with E-state index in [-0.39, 0.29) is 23.0 Å². The van der Waals surface area contributed by atoms with Gasteiger partial charge in [0.1, 0.15) is 5.56 Å². The third kappa shape index (κ3) is 3.16. The van der Waals surface area contributed by atoms with Gasteiger partial charge in [0.2, 0.25) is 12.7 Å². The van der Waals surface area contributed by atoms with Crippen LogP contribution in [0.3, 0.4) is 0 Å². The van der Waals surface area contributed by atoms with E-state index in [9.17, 15) is 9.90 Å². The number of aromatic hydroxyl groups is 1. The van der Waals surface area contributed by atoms with Gasteiger partial charge in [0.25, 0.3) is 5.56 Å². The molecule has 0 aliphatic carbocycles. The summed E-state index contributed by atoms with van der Waals surface area (Å²) in [5.74, 6) is 1.08. The quantitative estimate of drug-likeness (QED) is 0.592. The molecule has 0 bridgehead atoms. The summed E-state index contributed by atoms with van der Waals surface area (Å²) in [7, 11) is 0. The largest absolute Gasteiger partial charge is 0.494 e. The second-order valence-electron chi connectivity index (χ2n) is 4.77. The van der Waals surface area contributed by atoms with Crippen molar-refractivity contribution in [1.82, 2.24) is 9.97 Å². The maximum absolute atomic E-state index is 11.8. The van der Waals surface area contributed by atoms with Crippen LogP contribution in [-0.2, 0) is 0 Å². The lowest BCUT2D eigenvalue weighted by molar-refractivity contribution is 0.174. The van der Waals surface area contributed by atoms with Gasteiger partial charge in [-0.2, -0.15) is 0 Å². The van der Waals surface area contributed by atoms with E-state index in [4.69, 9.17) is 21.7 Å². The first-order valence-corrected chi connectivity index (χ1v) is 7.12. The highest BCUT2D eigenvalue weighted by Gasteiger charge is 2.12. The fourth-order valence-electron chi connectivity index (χ4n) is 2.13. The highest BCUT2D eigenvalue weighted by molar-refractivity contribution is 7.71. The van der Waals surface area contributed by atoms with Crippen LogP contribution < -0.4 is 15.0 Å². The predicted molar refractivity (Wildman–Crippen MR) is 87.7 cm³/mol. The number of ether oxygens (including phenoxy) is 2. The minimum atomic E-state index is -0.496. The molecule has 0 saturated carbocycles. The van der Waals surface area contributed by atoms with Gasteiger partial charge in [0, 0.05) is 6.20 Å². The molecule has 118 valence electrons. The Morgan fingerprint density at radius 3 is 2.91 bits per heavy atom. The number of aromatic amines is 2. The van der Waals surface area contributed by atoms with Gasteiger partial charge >= 0.3 is 0 Å². The summed E-state index contributed by atoms with van der Waals surface area (Å²) in [4.78, 5) is 20.9. The van der Waals surface area contributed by atoms with Crippen LogP contribution in [0.15, 0.2) is 34.2 Å². The minimum Gasteiger partial charge on any atom is -0.494 e. The summed E-state index contributed by atoms with van der Waals surface area (Å²) < 4.78 is 10.6. The molecule has 0 amide bonds. The molecule has 1 aromatic carbocycles. The first kappa shape index (κ1) is 15.0. The van der Waals surface area contributed by atoms with Crippen molar-refractivity contribution in [1.29, 1.82) is 0 Å². The first-order valence-electron chi connectivity index (χ1n) is 6.71. The fraction of sp³-hybridized carbons (Fsp3) is 0.133. The molecule has 23 heavy (non-hydrogen) atoms. The lowest BCUT2D eigenvalue weighted by Crippen LogP contribution is -2.17. The van der Waals surface area contributed by atoms with Gasteiger partial charge in [-0.25, -0.2) is 0 Å². The van der Waals surface area contributed by atoms with E-state index in [1.54, 1.807) is 13.0 Å². The number of H-pyrrole nitrogens is 2. The summed E-state index contributed by atoms with van der Waals surface area (Å²) in [5.41, 5.74) is 0.779. The smallest absolute Gasteiger partial charge is 0.264 e. The number of fused-ring (bicyclic) bond motifs is 1. The number of aromatic nitrogens is 2. The summed E-state index contributed by atoms with van der Waals surface area (Å²) in [5, 5.41) is 9.79. The Labute approximate surface area is 135 Å². The van der Waals surface area contributed by atoms with Crippen LogP contribution in [0.5, 0.6) is 17.4 Å². The van der Waals surface area contributed by atoms with Gasteiger partial charge in [-0.15, -0.1) is 0 Å². The molecule has 1 aliphatic rings. The van der Waals surface area contributed by atoms with E-state index < -0.39 is 5.56 Å². The molecule has 1 aromatic heterocycles. The maximum Gasteiger partial charge on any atom is 0.264 e. The van der Waals surface area contributed by atoms with Crippen molar-refractivity contribution in [2.45, 2.75) is 6.92 Å². The normalized spacial score (nSPS) is 13.7. The van der Waals surface area contributed by atoms with Crippen molar-refractivity contribution in [3.8, 4) is 17.4 Å². The maximum atomic E-state index is 11.8. The monoisotopic (exact) mass is 331 g/mol. The Hall–Kier alpha value is -2.87. The van der Waals surface area contributed by atoms with Gasteiger partial charge < -0.3 is 19.6 Å². The summed E-state index contributed by atoms with van der Waals surface area (Å²) in [6, 6.07) is 5.50. The highest BCUT2D eigenvalue weighted by Crippen LogP contribution is 2.32. The van der Waals surface area contributed by atoms with Crippen molar-refractivity contribution in [2.24, 2.45) is 4.99 Å². The lowest BCUT2D eigenvalue weighted by Gasteiger charge is -2.01. The van der Waals surface area contributed by atoms with Gasteiger partial charge in [-0.1, -0.05) is 6.07 Å². The molecule has 0 radical (unpaired) electrons. The summed E-state index contributed by atoms with van der Waals surface area (Å²) >= 11 is 4.78. The number of nitrogens with zero attached hydrogens (tertiary/aromatic N) is 1. The van der Waals surface area contributed by atoms with Crippen LogP contribution in [0, 0.1) is 4.77 Å². The molecule has 2 heterocycles. The Morgan fingerprint density at radius 2 is 2.13 bits per heavy atom. The number of benzene rings is 1. The van der Waals surface area contributed by atoms with Crippen molar-refractivity contribution in [3.05, 3.63) is 50.7 Å². The van der Waals surface area contributed by atoms with Gasteiger partial charge in [0.15, 0.2) is 16.3 Å². The van der Waals surface area contributed by atoms with Crippen LogP contribution in [0.1, 0.15) is 18.1 Å². The molecule has 8 heteroatoms. The number of aliphatic imine (C=N–C) groups is 1. The Kier molecular flexibility index (Phi) is 3.98. The van der Waals surface area contributed by atoms with Crippen molar-refractivity contribution < 1.29 is 14.6 Å². The van der Waals surface area contributed by atoms with Crippen LogP contribution in [0.2, 0.25) is 0 Å². The Bertz CT molecular complexity index is 927. The molecule has 0 unspecified atom stereocenters. The van der Waals surface area contributed by atoms with E-state index in [1.807, 2.05) is 18.2 Å². The standard InChI is InChI=1S/C15H13N3O4S/c1-8(12-13(19)17-15(23)18-14(12)20)16-5-4-9-2-3-10-11(6-9)22-7-21-10/h2-6H,7H2,1H3,(H3,17,18,19,20,23)/b5-4+,16-8?. The van der Waals surface area contributed by atoms with Crippen LogP contribution in [0.25, 0.3) is 6.08 Å². The molecule has 1 aliphatic heterocycles. The average Bonchev–Trinajstić information content (AvgIpc) is 2.93. The molecule has 0 spiro atoms. The molecule has 0 fully saturated rings. The second kappa shape index (κ2) is 6.09. The van der Waals surface area contributed by atoms with Crippen LogP contribution in [0.4, 0.5) is 0 Å². The molecule has 0 saturated heterocycles. The molecule has 3 N–H and O–H groups in total. The van der Waals surface area contributed by atoms with E-state index in [0.29, 0.717) is 17.2 Å².